The minimum absolute atomic E-state index is 0.189. The van der Waals surface area contributed by atoms with Crippen molar-refractivity contribution in [3.8, 4) is 0 Å². The molecule has 0 spiro atoms. The molecule has 4 nitrogen and oxygen atoms in total. The molecule has 16 heavy (non-hydrogen) atoms. The summed E-state index contributed by atoms with van der Waals surface area (Å²) in [6, 6.07) is 3.83. The molecule has 1 saturated carbocycles. The van der Waals surface area contributed by atoms with Gasteiger partial charge in [0, 0.05) is 23.1 Å². The largest absolute Gasteiger partial charge is 0.481 e. The molecule has 2 N–H and O–H groups in total. The second-order valence-electron chi connectivity index (χ2n) is 4.52. The quantitative estimate of drug-likeness (QED) is 0.816. The summed E-state index contributed by atoms with van der Waals surface area (Å²) < 4.78 is 0. The predicted molar refractivity (Wildman–Crippen MR) is 61.4 cm³/mol. The lowest BCUT2D eigenvalue weighted by Gasteiger charge is -2.42. The van der Waals surface area contributed by atoms with E-state index in [-0.39, 0.29) is 12.0 Å². The average molecular weight is 220 g/mol. The normalized spacial score (nSPS) is 17.6. The van der Waals surface area contributed by atoms with Gasteiger partial charge in [0.2, 0.25) is 0 Å². The molecule has 0 aromatic carbocycles. The minimum atomic E-state index is -0.738. The van der Waals surface area contributed by atoms with Crippen LogP contribution in [0.3, 0.4) is 0 Å². The highest BCUT2D eigenvalue weighted by Crippen LogP contribution is 2.38. The molecule has 2 rings (SSSR count). The Morgan fingerprint density at radius 2 is 2.38 bits per heavy atom. The molecule has 1 heterocycles. The van der Waals surface area contributed by atoms with E-state index in [0.29, 0.717) is 0 Å². The molecule has 0 amide bonds. The summed E-state index contributed by atoms with van der Waals surface area (Å²) in [7, 11) is 0. The van der Waals surface area contributed by atoms with Gasteiger partial charge in [-0.05, 0) is 38.3 Å². The van der Waals surface area contributed by atoms with Crippen molar-refractivity contribution in [1.82, 2.24) is 4.98 Å². The van der Waals surface area contributed by atoms with Crippen molar-refractivity contribution < 1.29 is 9.90 Å². The Balaban J connectivity index is 2.09. The monoisotopic (exact) mass is 220 g/mol. The number of carboxylic acids is 1. The van der Waals surface area contributed by atoms with Crippen molar-refractivity contribution in [1.29, 1.82) is 0 Å². The number of hydrogen-bond acceptors (Lipinski definition) is 3. The van der Waals surface area contributed by atoms with Crippen LogP contribution < -0.4 is 5.32 Å². The molecule has 0 atom stereocenters. The lowest BCUT2D eigenvalue weighted by Crippen LogP contribution is -2.46. The number of aromatic nitrogens is 1. The van der Waals surface area contributed by atoms with E-state index in [1.54, 1.807) is 6.20 Å². The second-order valence-corrected chi connectivity index (χ2v) is 4.52. The molecule has 0 radical (unpaired) electrons. The molecule has 1 aliphatic carbocycles. The Labute approximate surface area is 94.7 Å². The van der Waals surface area contributed by atoms with Gasteiger partial charge in [-0.3, -0.25) is 9.78 Å². The summed E-state index contributed by atoms with van der Waals surface area (Å²) in [5.74, 6) is -0.738. The third kappa shape index (κ3) is 2.32. The van der Waals surface area contributed by atoms with Gasteiger partial charge in [0.05, 0.1) is 6.42 Å². The van der Waals surface area contributed by atoms with Gasteiger partial charge < -0.3 is 10.4 Å². The summed E-state index contributed by atoms with van der Waals surface area (Å²) >= 11 is 0. The number of aryl methyl sites for hydroxylation is 1. The fourth-order valence-electron chi connectivity index (χ4n) is 2.17. The van der Waals surface area contributed by atoms with Gasteiger partial charge in [0.15, 0.2) is 0 Å². The first-order valence-corrected chi connectivity index (χ1v) is 5.52. The number of aliphatic carboxylic acids is 1. The Kier molecular flexibility index (Phi) is 2.81. The van der Waals surface area contributed by atoms with Crippen LogP contribution >= 0.6 is 0 Å². The van der Waals surface area contributed by atoms with E-state index in [4.69, 9.17) is 5.11 Å². The summed E-state index contributed by atoms with van der Waals surface area (Å²) in [6.07, 6.45) is 4.89. The van der Waals surface area contributed by atoms with Crippen LogP contribution in [0.1, 0.15) is 31.4 Å². The molecule has 0 saturated heterocycles. The highest BCUT2D eigenvalue weighted by molar-refractivity contribution is 5.70. The minimum Gasteiger partial charge on any atom is -0.481 e. The van der Waals surface area contributed by atoms with Gasteiger partial charge >= 0.3 is 5.97 Å². The Hall–Kier alpha value is -1.58. The Bertz CT molecular complexity index is 400. The highest BCUT2D eigenvalue weighted by Gasteiger charge is 2.38. The highest BCUT2D eigenvalue weighted by atomic mass is 16.4. The van der Waals surface area contributed by atoms with Crippen molar-refractivity contribution in [3.63, 3.8) is 0 Å². The topological polar surface area (TPSA) is 62.2 Å². The molecule has 1 fully saturated rings. The number of rotatable bonds is 4. The number of nitrogens with zero attached hydrogens (tertiary/aromatic N) is 1. The van der Waals surface area contributed by atoms with Crippen molar-refractivity contribution in [2.24, 2.45) is 0 Å². The van der Waals surface area contributed by atoms with Gasteiger partial charge in [-0.2, -0.15) is 0 Å². The third-order valence-electron chi connectivity index (χ3n) is 3.11. The number of carboxylic acid groups (broad SMARTS) is 1. The second kappa shape index (κ2) is 4.12. The molecule has 0 bridgehead atoms. The van der Waals surface area contributed by atoms with Crippen LogP contribution in [-0.4, -0.2) is 21.6 Å². The van der Waals surface area contributed by atoms with Gasteiger partial charge in [-0.1, -0.05) is 0 Å². The summed E-state index contributed by atoms with van der Waals surface area (Å²) in [5, 5.41) is 12.2. The number of pyridine rings is 1. The zero-order chi connectivity index (χ0) is 11.6. The lowest BCUT2D eigenvalue weighted by molar-refractivity contribution is -0.138. The van der Waals surface area contributed by atoms with Crippen molar-refractivity contribution in [3.05, 3.63) is 24.0 Å². The van der Waals surface area contributed by atoms with Crippen LogP contribution in [0.15, 0.2) is 18.3 Å². The molecule has 1 aliphatic rings. The molecule has 86 valence electrons. The molecule has 1 aromatic rings. The summed E-state index contributed by atoms with van der Waals surface area (Å²) in [4.78, 5) is 14.9. The van der Waals surface area contributed by atoms with E-state index in [2.05, 4.69) is 10.3 Å². The Morgan fingerprint density at radius 3 is 2.88 bits per heavy atom. The van der Waals surface area contributed by atoms with E-state index in [0.717, 1.165) is 30.6 Å². The zero-order valence-electron chi connectivity index (χ0n) is 9.36. The van der Waals surface area contributed by atoms with E-state index < -0.39 is 5.97 Å². The van der Waals surface area contributed by atoms with E-state index in [1.807, 2.05) is 19.1 Å². The van der Waals surface area contributed by atoms with Crippen molar-refractivity contribution in [2.75, 3.05) is 5.32 Å². The number of nitrogens with one attached hydrogen (secondary N) is 1. The molecule has 4 heteroatoms. The SMILES string of the molecule is Cc1cc(NC2(CC(=O)O)CCC2)ccn1. The average Bonchev–Trinajstić information content (AvgIpc) is 2.13. The van der Waals surface area contributed by atoms with E-state index in [9.17, 15) is 4.79 Å². The lowest BCUT2D eigenvalue weighted by atomic mass is 9.74. The molecule has 1 aromatic heterocycles. The van der Waals surface area contributed by atoms with Gasteiger partial charge in [-0.25, -0.2) is 0 Å². The fourth-order valence-corrected chi connectivity index (χ4v) is 2.17. The number of hydrogen-bond donors (Lipinski definition) is 2. The van der Waals surface area contributed by atoms with Crippen molar-refractivity contribution >= 4 is 11.7 Å². The van der Waals surface area contributed by atoms with Crippen molar-refractivity contribution in [2.45, 2.75) is 38.1 Å². The molecular formula is C12H16N2O2. The number of anilines is 1. The number of carbonyl (C=O) groups is 1. The maximum absolute atomic E-state index is 10.8. The first kappa shape index (κ1) is 10.9. The molecular weight excluding hydrogens is 204 g/mol. The first-order chi connectivity index (χ1) is 7.60. The van der Waals surface area contributed by atoms with Crippen LogP contribution in [0.25, 0.3) is 0 Å². The van der Waals surface area contributed by atoms with Crippen LogP contribution in [-0.2, 0) is 4.79 Å². The first-order valence-electron chi connectivity index (χ1n) is 5.52. The zero-order valence-corrected chi connectivity index (χ0v) is 9.36. The summed E-state index contributed by atoms with van der Waals surface area (Å²) in [6.45, 7) is 1.93. The standard InChI is InChI=1S/C12H16N2O2/c1-9-7-10(3-6-13-9)14-12(4-2-5-12)8-11(15)16/h3,6-7H,2,4-5,8H2,1H3,(H,13,14)(H,15,16). The Morgan fingerprint density at radius 1 is 1.62 bits per heavy atom. The van der Waals surface area contributed by atoms with Crippen LogP contribution in [0, 0.1) is 6.92 Å². The predicted octanol–water partition coefficient (Wildman–Crippen LogP) is 2.20. The van der Waals surface area contributed by atoms with E-state index >= 15 is 0 Å². The maximum atomic E-state index is 10.8. The van der Waals surface area contributed by atoms with Gasteiger partial charge in [0.1, 0.15) is 0 Å². The fraction of sp³-hybridized carbons (Fsp3) is 0.500. The molecule has 0 unspecified atom stereocenters. The third-order valence-corrected chi connectivity index (χ3v) is 3.11. The maximum Gasteiger partial charge on any atom is 0.305 e. The van der Waals surface area contributed by atoms with Gasteiger partial charge in [0.25, 0.3) is 0 Å². The smallest absolute Gasteiger partial charge is 0.305 e. The van der Waals surface area contributed by atoms with Crippen LogP contribution in [0.5, 0.6) is 0 Å². The van der Waals surface area contributed by atoms with E-state index in [1.165, 1.54) is 0 Å². The van der Waals surface area contributed by atoms with Gasteiger partial charge in [-0.15, -0.1) is 0 Å². The van der Waals surface area contributed by atoms with Crippen LogP contribution in [0.4, 0.5) is 5.69 Å². The molecule has 0 aliphatic heterocycles. The van der Waals surface area contributed by atoms with Crippen LogP contribution in [0.2, 0.25) is 0 Å². The summed E-state index contributed by atoms with van der Waals surface area (Å²) in [5.41, 5.74) is 1.67.